The first kappa shape index (κ1) is 12.9. The Kier molecular flexibility index (Phi) is 4.99. The monoisotopic (exact) mass is 248 g/mol. The molecule has 0 fully saturated rings. The first-order valence-corrected chi connectivity index (χ1v) is 4.93. The van der Waals surface area contributed by atoms with Crippen molar-refractivity contribution in [1.82, 2.24) is 4.98 Å². The fraction of sp³-hybridized carbons (Fsp3) is 0.100. The molecule has 5 heteroatoms. The summed E-state index contributed by atoms with van der Waals surface area (Å²) in [4.78, 5) is 14.8. The molecule has 0 atom stereocenters. The summed E-state index contributed by atoms with van der Waals surface area (Å²) in [5, 5.41) is 0.710. The second kappa shape index (κ2) is 5.80. The van der Waals surface area contributed by atoms with Gasteiger partial charge < -0.3 is 4.74 Å². The maximum atomic E-state index is 10.6. The molecule has 2 rings (SSSR count). The molecule has 3 nitrogen and oxygen atoms in total. The molecule has 0 aliphatic heterocycles. The average Bonchev–Trinajstić information content (AvgIpc) is 2.57. The molecule has 0 unspecified atom stereocenters. The van der Waals surface area contributed by atoms with Crippen LogP contribution in [0, 0.1) is 6.61 Å². The zero-order chi connectivity index (χ0) is 9.97. The van der Waals surface area contributed by atoms with Crippen molar-refractivity contribution in [2.45, 2.75) is 6.92 Å². The predicted octanol–water partition coefficient (Wildman–Crippen LogP) is 1.45. The van der Waals surface area contributed by atoms with E-state index in [9.17, 15) is 4.79 Å². The molecule has 0 saturated carbocycles. The first-order valence-electron chi connectivity index (χ1n) is 4.12. The third kappa shape index (κ3) is 3.41. The van der Waals surface area contributed by atoms with Crippen molar-refractivity contribution in [3.05, 3.63) is 35.9 Å². The van der Waals surface area contributed by atoms with Crippen LogP contribution in [-0.2, 0) is 9.53 Å². The average molecular weight is 248 g/mol. The third-order valence-electron chi connectivity index (χ3n) is 1.64. The Bertz CT molecular complexity index is 436. The third-order valence-corrected chi connectivity index (χ3v) is 2.60. The van der Waals surface area contributed by atoms with E-state index in [1.807, 2.05) is 24.3 Å². The van der Waals surface area contributed by atoms with E-state index in [-0.39, 0.29) is 43.7 Å². The van der Waals surface area contributed by atoms with Crippen LogP contribution < -0.4 is 0 Å². The van der Waals surface area contributed by atoms with E-state index in [0.29, 0.717) is 5.01 Å². The number of aromatic nitrogens is 1. The molecular weight excluding hydrogens is 238 g/mol. The van der Waals surface area contributed by atoms with E-state index in [2.05, 4.69) is 4.98 Å². The quantitative estimate of drug-likeness (QED) is 0.596. The first-order chi connectivity index (χ1) is 6.75. The van der Waals surface area contributed by atoms with Gasteiger partial charge in [-0.25, -0.2) is 4.98 Å². The minimum atomic E-state index is -0.329. The van der Waals surface area contributed by atoms with Gasteiger partial charge in [0.05, 0.1) is 10.2 Å². The van der Waals surface area contributed by atoms with E-state index >= 15 is 0 Å². The number of carbonyl (C=O) groups is 1. The van der Waals surface area contributed by atoms with Gasteiger partial charge in [-0.1, -0.05) is 12.1 Å². The van der Waals surface area contributed by atoms with E-state index in [1.165, 1.54) is 24.9 Å². The van der Waals surface area contributed by atoms with Crippen LogP contribution in [0.25, 0.3) is 10.2 Å². The molecule has 1 aromatic heterocycles. The number of rotatable bonds is 2. The van der Waals surface area contributed by atoms with Crippen molar-refractivity contribution in [2.75, 3.05) is 0 Å². The number of hydrogen-bond acceptors (Lipinski definition) is 4. The molecule has 1 radical (unpaired) electrons. The van der Waals surface area contributed by atoms with Crippen molar-refractivity contribution in [3.63, 3.8) is 0 Å². The molecule has 1 aromatic carbocycles. The summed E-state index contributed by atoms with van der Waals surface area (Å²) in [5.41, 5.74) is 0.927. The Morgan fingerprint density at radius 3 is 2.87 bits per heavy atom. The number of para-hydroxylation sites is 1. The Balaban J connectivity index is 0.00000112. The number of carbonyl (C=O) groups excluding carboxylic acids is 1. The number of nitrogens with zero attached hydrogens (tertiary/aromatic N) is 1. The van der Waals surface area contributed by atoms with Gasteiger partial charge in [-0.15, -0.1) is 11.3 Å². The van der Waals surface area contributed by atoms with Gasteiger partial charge in [0.15, 0.2) is 6.61 Å². The van der Waals surface area contributed by atoms with Crippen molar-refractivity contribution in [3.8, 4) is 0 Å². The van der Waals surface area contributed by atoms with E-state index in [4.69, 9.17) is 4.74 Å². The van der Waals surface area contributed by atoms with Crippen LogP contribution in [0.1, 0.15) is 11.9 Å². The summed E-state index contributed by atoms with van der Waals surface area (Å²) < 4.78 is 5.83. The number of esters is 1. The molecule has 75 valence electrons. The van der Waals surface area contributed by atoms with Gasteiger partial charge >= 0.3 is 43.7 Å². The van der Waals surface area contributed by atoms with Crippen molar-refractivity contribution in [2.24, 2.45) is 0 Å². The van der Waals surface area contributed by atoms with Gasteiger partial charge in [-0.05, 0) is 12.1 Å². The Morgan fingerprint density at radius 1 is 1.47 bits per heavy atom. The molecule has 0 bridgehead atoms. The Morgan fingerprint density at radius 2 is 2.20 bits per heavy atom. The number of thiazole rings is 1. The van der Waals surface area contributed by atoms with Crippen molar-refractivity contribution >= 4 is 65.3 Å². The summed E-state index contributed by atoms with van der Waals surface area (Å²) in [5.74, 6) is -0.329. The normalized spacial score (nSPS) is 9.67. The Labute approximate surface area is 121 Å². The summed E-state index contributed by atoms with van der Waals surface area (Å²) in [6.45, 7) is 2.75. The Hall–Kier alpha value is -0.160. The molecule has 0 aliphatic carbocycles. The molecule has 0 amide bonds. The van der Waals surface area contributed by atoms with Crippen LogP contribution in [0.5, 0.6) is 0 Å². The van der Waals surface area contributed by atoms with Crippen LogP contribution >= 0.6 is 11.3 Å². The molecular formula is C10H10CaNO2S. The topological polar surface area (TPSA) is 39.2 Å². The molecule has 0 aliphatic rings. The van der Waals surface area contributed by atoms with Crippen molar-refractivity contribution in [1.29, 1.82) is 0 Å². The zero-order valence-corrected chi connectivity index (χ0v) is 8.38. The second-order valence-corrected chi connectivity index (χ2v) is 3.81. The van der Waals surface area contributed by atoms with Gasteiger partial charge in [0.1, 0.15) is 5.01 Å². The standard InChI is InChI=1S/C10H8NO2S.Ca.2H/c1-7(12)13-6-10-11-8-4-2-3-5-9(8)14-10;;;/h2-6H,1H3;;;. The molecule has 0 saturated heterocycles. The second-order valence-electron chi connectivity index (χ2n) is 2.75. The SMILES string of the molecule is CC(=O)O[CH]c1nc2ccccc2s1.[CaH2]. The van der Waals surface area contributed by atoms with E-state index in [0.717, 1.165) is 10.2 Å². The fourth-order valence-corrected chi connectivity index (χ4v) is 1.90. The van der Waals surface area contributed by atoms with E-state index < -0.39 is 0 Å². The van der Waals surface area contributed by atoms with E-state index in [1.54, 1.807) is 0 Å². The number of fused-ring (bicyclic) bond motifs is 1. The molecule has 15 heavy (non-hydrogen) atoms. The van der Waals surface area contributed by atoms with Gasteiger partial charge in [-0.3, -0.25) is 4.79 Å². The van der Waals surface area contributed by atoms with Gasteiger partial charge in [0, 0.05) is 6.92 Å². The summed E-state index contributed by atoms with van der Waals surface area (Å²) in [6, 6.07) is 7.79. The van der Waals surface area contributed by atoms with Crippen LogP contribution in [0.15, 0.2) is 24.3 Å². The van der Waals surface area contributed by atoms with Gasteiger partial charge in [-0.2, -0.15) is 0 Å². The van der Waals surface area contributed by atoms with Crippen LogP contribution in [0.4, 0.5) is 0 Å². The van der Waals surface area contributed by atoms with Crippen LogP contribution in [0.3, 0.4) is 0 Å². The van der Waals surface area contributed by atoms with Crippen molar-refractivity contribution < 1.29 is 9.53 Å². The predicted molar refractivity (Wildman–Crippen MR) is 63.3 cm³/mol. The van der Waals surface area contributed by atoms with Crippen LogP contribution in [-0.4, -0.2) is 48.7 Å². The zero-order valence-electron chi connectivity index (χ0n) is 7.56. The van der Waals surface area contributed by atoms with Crippen LogP contribution in [0.2, 0.25) is 0 Å². The summed E-state index contributed by atoms with van der Waals surface area (Å²) >= 11 is 1.50. The molecule has 1 heterocycles. The number of benzene rings is 1. The van der Waals surface area contributed by atoms with Gasteiger partial charge in [0.25, 0.3) is 0 Å². The molecule has 0 N–H and O–H groups in total. The minimum absolute atomic E-state index is 0. The summed E-state index contributed by atoms with van der Waals surface area (Å²) in [6.07, 6.45) is 0. The number of hydrogen-bond donors (Lipinski definition) is 0. The molecule has 0 spiro atoms. The summed E-state index contributed by atoms with van der Waals surface area (Å²) in [7, 11) is 0. The molecule has 2 aromatic rings. The van der Waals surface area contributed by atoms with Gasteiger partial charge in [0.2, 0.25) is 0 Å². The maximum absolute atomic E-state index is 10.6. The fourth-order valence-electron chi connectivity index (χ4n) is 1.07. The number of ether oxygens (including phenoxy) is 1.